The Morgan fingerprint density at radius 2 is 1.24 bits per heavy atom. The van der Waals surface area contributed by atoms with Crippen LogP contribution in [0.25, 0.3) is 10.6 Å². The molecule has 25 heavy (non-hydrogen) atoms. The maximum Gasteiger partial charge on any atom is 0.119 e. The lowest BCUT2D eigenvalue weighted by atomic mass is 9.95. The highest BCUT2D eigenvalue weighted by molar-refractivity contribution is 6.53. The molecule has 0 saturated carbocycles. The van der Waals surface area contributed by atoms with E-state index in [2.05, 4.69) is 12.1 Å². The zero-order chi connectivity index (χ0) is 17.5. The molecule has 0 aromatic heterocycles. The van der Waals surface area contributed by atoms with E-state index in [9.17, 15) is 0 Å². The molecule has 0 radical (unpaired) electrons. The first-order valence-electron chi connectivity index (χ1n) is 8.23. The van der Waals surface area contributed by atoms with Crippen molar-refractivity contribution in [2.24, 2.45) is 5.73 Å². The highest BCUT2D eigenvalue weighted by Crippen LogP contribution is 2.35. The lowest BCUT2D eigenvalue weighted by Gasteiger charge is -2.13. The number of halogens is 1. The predicted molar refractivity (Wildman–Crippen MR) is 106 cm³/mol. The second-order valence-corrected chi connectivity index (χ2v) is 5.96. The van der Waals surface area contributed by atoms with Gasteiger partial charge >= 0.3 is 0 Å². The summed E-state index contributed by atoms with van der Waals surface area (Å²) >= 11 is 6.80. The Hall–Kier alpha value is -2.55. The molecule has 0 bridgehead atoms. The molecule has 0 amide bonds. The number of hydrogen-bond acceptors (Lipinski definition) is 2. The van der Waals surface area contributed by atoms with E-state index in [0.717, 1.165) is 33.0 Å². The van der Waals surface area contributed by atoms with Gasteiger partial charge in [-0.3, -0.25) is 0 Å². The SMILES string of the molecule is NCCOc1ccc(/C(=C(\Cl)c2ccccc2)c2ccccc2)cc1. The van der Waals surface area contributed by atoms with Crippen molar-refractivity contribution in [1.82, 2.24) is 0 Å². The fourth-order valence-corrected chi connectivity index (χ4v) is 2.99. The van der Waals surface area contributed by atoms with Gasteiger partial charge in [0.05, 0.1) is 5.03 Å². The van der Waals surface area contributed by atoms with Crippen molar-refractivity contribution in [3.8, 4) is 5.75 Å². The monoisotopic (exact) mass is 349 g/mol. The molecule has 126 valence electrons. The van der Waals surface area contributed by atoms with E-state index in [1.54, 1.807) is 0 Å². The zero-order valence-electron chi connectivity index (χ0n) is 13.9. The van der Waals surface area contributed by atoms with Crippen molar-refractivity contribution in [1.29, 1.82) is 0 Å². The van der Waals surface area contributed by atoms with Gasteiger partial charge in [-0.1, -0.05) is 84.4 Å². The summed E-state index contributed by atoms with van der Waals surface area (Å²) in [6.07, 6.45) is 0. The molecule has 0 atom stereocenters. The van der Waals surface area contributed by atoms with Crippen LogP contribution in [-0.2, 0) is 0 Å². The van der Waals surface area contributed by atoms with Gasteiger partial charge in [0, 0.05) is 12.1 Å². The summed E-state index contributed by atoms with van der Waals surface area (Å²) < 4.78 is 5.57. The van der Waals surface area contributed by atoms with E-state index in [-0.39, 0.29) is 0 Å². The van der Waals surface area contributed by atoms with Gasteiger partial charge in [0.15, 0.2) is 0 Å². The highest BCUT2D eigenvalue weighted by atomic mass is 35.5. The van der Waals surface area contributed by atoms with E-state index < -0.39 is 0 Å². The molecule has 3 aromatic rings. The smallest absolute Gasteiger partial charge is 0.119 e. The Morgan fingerprint density at radius 3 is 1.80 bits per heavy atom. The molecule has 3 heteroatoms. The summed E-state index contributed by atoms with van der Waals surface area (Å²) in [6, 6.07) is 28.1. The summed E-state index contributed by atoms with van der Waals surface area (Å²) in [5.74, 6) is 0.803. The van der Waals surface area contributed by atoms with Crippen LogP contribution in [0.5, 0.6) is 5.75 Å². The van der Waals surface area contributed by atoms with Crippen LogP contribution in [0.2, 0.25) is 0 Å². The van der Waals surface area contributed by atoms with Gasteiger partial charge in [0.1, 0.15) is 12.4 Å². The van der Waals surface area contributed by atoms with Crippen molar-refractivity contribution in [3.05, 3.63) is 102 Å². The average Bonchev–Trinajstić information content (AvgIpc) is 2.69. The summed E-state index contributed by atoms with van der Waals surface area (Å²) in [7, 11) is 0. The molecule has 0 unspecified atom stereocenters. The number of nitrogens with two attached hydrogens (primary N) is 1. The molecular formula is C22H20ClNO. The average molecular weight is 350 g/mol. The molecule has 0 aliphatic carbocycles. The molecule has 0 spiro atoms. The molecule has 0 heterocycles. The number of rotatable bonds is 6. The molecule has 0 saturated heterocycles. The maximum absolute atomic E-state index is 6.80. The third-order valence-electron chi connectivity index (χ3n) is 3.84. The second-order valence-electron chi connectivity index (χ2n) is 5.58. The number of benzene rings is 3. The minimum atomic E-state index is 0.497. The molecule has 3 rings (SSSR count). The third-order valence-corrected chi connectivity index (χ3v) is 4.25. The van der Waals surface area contributed by atoms with Crippen LogP contribution in [0.4, 0.5) is 0 Å². The first-order valence-corrected chi connectivity index (χ1v) is 8.61. The van der Waals surface area contributed by atoms with Gasteiger partial charge in [-0.15, -0.1) is 0 Å². The molecule has 3 aromatic carbocycles. The van der Waals surface area contributed by atoms with Crippen LogP contribution >= 0.6 is 11.6 Å². The van der Waals surface area contributed by atoms with Crippen LogP contribution in [0.15, 0.2) is 84.9 Å². The number of ether oxygens (including phenoxy) is 1. The minimum absolute atomic E-state index is 0.497. The van der Waals surface area contributed by atoms with Crippen molar-refractivity contribution in [2.45, 2.75) is 0 Å². The van der Waals surface area contributed by atoms with E-state index in [1.165, 1.54) is 0 Å². The predicted octanol–water partition coefficient (Wildman–Crippen LogP) is 5.18. The van der Waals surface area contributed by atoms with Gasteiger partial charge < -0.3 is 10.5 Å². The first kappa shape index (κ1) is 17.3. The molecule has 0 aliphatic rings. The fourth-order valence-electron chi connectivity index (χ4n) is 2.65. The Morgan fingerprint density at radius 1 is 0.720 bits per heavy atom. The second kappa shape index (κ2) is 8.52. The summed E-state index contributed by atoms with van der Waals surface area (Å²) in [5.41, 5.74) is 9.59. The molecule has 2 N–H and O–H groups in total. The summed E-state index contributed by atoms with van der Waals surface area (Å²) in [5, 5.41) is 0.724. The van der Waals surface area contributed by atoms with Crippen molar-refractivity contribution in [3.63, 3.8) is 0 Å². The zero-order valence-corrected chi connectivity index (χ0v) is 14.6. The first-order chi connectivity index (χ1) is 12.3. The largest absolute Gasteiger partial charge is 0.492 e. The standard InChI is InChI=1S/C22H20ClNO/c23-22(19-9-5-2-6-10-19)21(17-7-3-1-4-8-17)18-11-13-20(14-12-18)25-16-15-24/h1-14H,15-16,24H2/b22-21-. The Balaban J connectivity index is 2.06. The van der Waals surface area contributed by atoms with E-state index >= 15 is 0 Å². The molecule has 0 aliphatic heterocycles. The van der Waals surface area contributed by atoms with E-state index in [0.29, 0.717) is 13.2 Å². The normalized spacial score (nSPS) is 11.8. The Kier molecular flexibility index (Phi) is 5.89. The van der Waals surface area contributed by atoms with Crippen LogP contribution in [0, 0.1) is 0 Å². The van der Waals surface area contributed by atoms with Crippen molar-refractivity contribution in [2.75, 3.05) is 13.2 Å². The topological polar surface area (TPSA) is 35.2 Å². The van der Waals surface area contributed by atoms with Gasteiger partial charge in [-0.25, -0.2) is 0 Å². The van der Waals surface area contributed by atoms with Gasteiger partial charge in [0.2, 0.25) is 0 Å². The van der Waals surface area contributed by atoms with Gasteiger partial charge in [-0.05, 0) is 28.8 Å². The fraction of sp³-hybridized carbons (Fsp3) is 0.0909. The van der Waals surface area contributed by atoms with E-state index in [4.69, 9.17) is 22.1 Å². The van der Waals surface area contributed by atoms with Crippen LogP contribution in [-0.4, -0.2) is 13.2 Å². The van der Waals surface area contributed by atoms with Crippen molar-refractivity contribution >= 4 is 22.2 Å². The molecular weight excluding hydrogens is 330 g/mol. The number of hydrogen-bond donors (Lipinski definition) is 1. The third kappa shape index (κ3) is 4.30. The Labute approximate surface area is 153 Å². The summed E-state index contributed by atoms with van der Waals surface area (Å²) in [6.45, 7) is 1.00. The lowest BCUT2D eigenvalue weighted by Crippen LogP contribution is -2.10. The lowest BCUT2D eigenvalue weighted by molar-refractivity contribution is 0.328. The maximum atomic E-state index is 6.80. The van der Waals surface area contributed by atoms with Crippen LogP contribution in [0.1, 0.15) is 16.7 Å². The van der Waals surface area contributed by atoms with Crippen LogP contribution in [0.3, 0.4) is 0 Å². The highest BCUT2D eigenvalue weighted by Gasteiger charge is 2.12. The molecule has 2 nitrogen and oxygen atoms in total. The van der Waals surface area contributed by atoms with Crippen LogP contribution < -0.4 is 10.5 Å². The van der Waals surface area contributed by atoms with Gasteiger partial charge in [0.25, 0.3) is 0 Å². The quantitative estimate of drug-likeness (QED) is 0.622. The minimum Gasteiger partial charge on any atom is -0.492 e. The Bertz CT molecular complexity index is 827. The molecule has 0 fully saturated rings. The van der Waals surface area contributed by atoms with E-state index in [1.807, 2.05) is 72.8 Å². The summed E-state index contributed by atoms with van der Waals surface area (Å²) in [4.78, 5) is 0. The van der Waals surface area contributed by atoms with Gasteiger partial charge in [-0.2, -0.15) is 0 Å². The van der Waals surface area contributed by atoms with Crippen molar-refractivity contribution < 1.29 is 4.74 Å².